The van der Waals surface area contributed by atoms with Gasteiger partial charge in [-0.25, -0.2) is 8.78 Å². The van der Waals surface area contributed by atoms with Crippen molar-refractivity contribution in [1.29, 1.82) is 0 Å². The quantitative estimate of drug-likeness (QED) is 0.741. The third-order valence-electron chi connectivity index (χ3n) is 3.77. The van der Waals surface area contributed by atoms with E-state index in [0.29, 0.717) is 0 Å². The van der Waals surface area contributed by atoms with Gasteiger partial charge in [0.05, 0.1) is 18.2 Å². The summed E-state index contributed by atoms with van der Waals surface area (Å²) in [5, 5.41) is 2.58. The largest absolute Gasteiger partial charge is 0.346 e. The molecule has 2 aromatic carbocycles. The van der Waals surface area contributed by atoms with Crippen LogP contribution in [0.15, 0.2) is 73.1 Å². The summed E-state index contributed by atoms with van der Waals surface area (Å²) in [4.78, 5) is 12.3. The molecule has 3 aromatic rings. The molecule has 5 heteroatoms. The van der Waals surface area contributed by atoms with E-state index in [1.807, 2.05) is 29.1 Å². The average Bonchev–Trinajstić information content (AvgIpc) is 3.10. The standard InChI is InChI=1S/C19H16F2N2O/c20-15-9-7-14(8-10-15)18(23-11-3-4-12-23)13-19(24)22-17-6-2-1-5-16(17)21/h1-12,18H,13H2,(H,22,24)/t18-/m1/s1. The summed E-state index contributed by atoms with van der Waals surface area (Å²) >= 11 is 0. The Labute approximate surface area is 138 Å². The van der Waals surface area contributed by atoms with Crippen LogP contribution in [0.1, 0.15) is 18.0 Å². The zero-order chi connectivity index (χ0) is 16.9. The maximum atomic E-state index is 13.7. The van der Waals surface area contributed by atoms with Crippen molar-refractivity contribution in [3.8, 4) is 0 Å². The number of benzene rings is 2. The van der Waals surface area contributed by atoms with E-state index in [4.69, 9.17) is 0 Å². The van der Waals surface area contributed by atoms with Gasteiger partial charge in [0, 0.05) is 12.4 Å². The normalized spacial score (nSPS) is 11.9. The first-order valence-electron chi connectivity index (χ1n) is 7.56. The third kappa shape index (κ3) is 3.68. The van der Waals surface area contributed by atoms with E-state index in [1.165, 1.54) is 24.3 Å². The molecule has 0 saturated heterocycles. The lowest BCUT2D eigenvalue weighted by molar-refractivity contribution is -0.116. The van der Waals surface area contributed by atoms with Crippen LogP contribution in [-0.4, -0.2) is 10.5 Å². The van der Waals surface area contributed by atoms with Gasteiger partial charge in [-0.3, -0.25) is 4.79 Å². The molecule has 24 heavy (non-hydrogen) atoms. The van der Waals surface area contributed by atoms with Crippen molar-refractivity contribution in [3.63, 3.8) is 0 Å². The molecule has 0 aliphatic rings. The number of amides is 1. The predicted octanol–water partition coefficient (Wildman–Crippen LogP) is 4.38. The molecule has 1 aromatic heterocycles. The van der Waals surface area contributed by atoms with E-state index in [0.717, 1.165) is 5.56 Å². The number of nitrogens with one attached hydrogen (secondary N) is 1. The fraction of sp³-hybridized carbons (Fsp3) is 0.105. The minimum atomic E-state index is -0.481. The van der Waals surface area contributed by atoms with E-state index < -0.39 is 5.82 Å². The van der Waals surface area contributed by atoms with E-state index >= 15 is 0 Å². The van der Waals surface area contributed by atoms with Gasteiger partial charge in [0.2, 0.25) is 5.91 Å². The maximum Gasteiger partial charge on any atom is 0.226 e. The molecule has 0 aliphatic heterocycles. The monoisotopic (exact) mass is 326 g/mol. The first-order valence-corrected chi connectivity index (χ1v) is 7.56. The van der Waals surface area contributed by atoms with Gasteiger partial charge in [-0.2, -0.15) is 0 Å². The number of hydrogen-bond acceptors (Lipinski definition) is 1. The molecule has 3 nitrogen and oxygen atoms in total. The van der Waals surface area contributed by atoms with Crippen molar-refractivity contribution in [1.82, 2.24) is 4.57 Å². The summed E-state index contributed by atoms with van der Waals surface area (Å²) in [5.74, 6) is -1.13. The predicted molar refractivity (Wildman–Crippen MR) is 88.6 cm³/mol. The van der Waals surface area contributed by atoms with Crippen molar-refractivity contribution in [2.24, 2.45) is 0 Å². The molecule has 0 spiro atoms. The molecular weight excluding hydrogens is 310 g/mol. The Morgan fingerprint density at radius 3 is 2.29 bits per heavy atom. The number of hydrogen-bond donors (Lipinski definition) is 1. The molecule has 1 N–H and O–H groups in total. The summed E-state index contributed by atoms with van der Waals surface area (Å²) in [5.41, 5.74) is 0.948. The van der Waals surface area contributed by atoms with Crippen molar-refractivity contribution < 1.29 is 13.6 Å². The first kappa shape index (κ1) is 15.9. The lowest BCUT2D eigenvalue weighted by Crippen LogP contribution is -2.20. The molecule has 1 atom stereocenters. The summed E-state index contributed by atoms with van der Waals surface area (Å²) in [7, 11) is 0. The van der Waals surface area contributed by atoms with Crippen LogP contribution in [-0.2, 0) is 4.79 Å². The molecule has 0 radical (unpaired) electrons. The zero-order valence-electron chi connectivity index (χ0n) is 12.8. The molecule has 0 unspecified atom stereocenters. The summed E-state index contributed by atoms with van der Waals surface area (Å²) in [6.07, 6.45) is 3.78. The molecular formula is C19H16F2N2O. The Morgan fingerprint density at radius 1 is 0.958 bits per heavy atom. The van der Waals surface area contributed by atoms with Crippen LogP contribution >= 0.6 is 0 Å². The van der Waals surface area contributed by atoms with Crippen molar-refractivity contribution >= 4 is 11.6 Å². The van der Waals surface area contributed by atoms with Crippen LogP contribution in [0.5, 0.6) is 0 Å². The molecule has 1 heterocycles. The fourth-order valence-corrected chi connectivity index (χ4v) is 2.58. The van der Waals surface area contributed by atoms with Gasteiger partial charge < -0.3 is 9.88 Å². The second kappa shape index (κ2) is 7.08. The van der Waals surface area contributed by atoms with Gasteiger partial charge in [0.1, 0.15) is 11.6 Å². The lowest BCUT2D eigenvalue weighted by atomic mass is 10.0. The number of anilines is 1. The van der Waals surface area contributed by atoms with Crippen LogP contribution in [0.2, 0.25) is 0 Å². The number of rotatable bonds is 5. The Balaban J connectivity index is 1.81. The van der Waals surface area contributed by atoms with Crippen LogP contribution in [0.4, 0.5) is 14.5 Å². The van der Waals surface area contributed by atoms with Crippen molar-refractivity contribution in [2.45, 2.75) is 12.5 Å². The zero-order valence-corrected chi connectivity index (χ0v) is 12.8. The summed E-state index contributed by atoms with van der Waals surface area (Å²) in [6, 6.07) is 15.4. The van der Waals surface area contributed by atoms with Gasteiger partial charge in [-0.1, -0.05) is 24.3 Å². The molecule has 3 rings (SSSR count). The first-order chi connectivity index (χ1) is 11.6. The highest BCUT2D eigenvalue weighted by atomic mass is 19.1. The second-order valence-corrected chi connectivity index (χ2v) is 5.43. The minimum Gasteiger partial charge on any atom is -0.346 e. The van der Waals surface area contributed by atoms with Crippen molar-refractivity contribution in [3.05, 3.63) is 90.3 Å². The van der Waals surface area contributed by atoms with Gasteiger partial charge in [-0.15, -0.1) is 0 Å². The van der Waals surface area contributed by atoms with E-state index in [2.05, 4.69) is 5.32 Å². The van der Waals surface area contributed by atoms with Crippen LogP contribution in [0, 0.1) is 11.6 Å². The lowest BCUT2D eigenvalue weighted by Gasteiger charge is -2.19. The van der Waals surface area contributed by atoms with Crippen LogP contribution in [0.25, 0.3) is 0 Å². The molecule has 122 valence electrons. The van der Waals surface area contributed by atoms with Gasteiger partial charge in [0.15, 0.2) is 0 Å². The fourth-order valence-electron chi connectivity index (χ4n) is 2.58. The van der Waals surface area contributed by atoms with E-state index in [-0.39, 0.29) is 29.9 Å². The third-order valence-corrected chi connectivity index (χ3v) is 3.77. The van der Waals surface area contributed by atoms with Crippen LogP contribution in [0.3, 0.4) is 0 Å². The molecule has 0 aliphatic carbocycles. The van der Waals surface area contributed by atoms with E-state index in [9.17, 15) is 13.6 Å². The summed E-state index contributed by atoms with van der Waals surface area (Å²) in [6.45, 7) is 0. The molecule has 1 amide bonds. The second-order valence-electron chi connectivity index (χ2n) is 5.43. The topological polar surface area (TPSA) is 34.0 Å². The Morgan fingerprint density at radius 2 is 1.62 bits per heavy atom. The highest BCUT2D eigenvalue weighted by Crippen LogP contribution is 2.24. The number of halogens is 2. The molecule has 0 fully saturated rings. The van der Waals surface area contributed by atoms with Crippen molar-refractivity contribution in [2.75, 3.05) is 5.32 Å². The number of para-hydroxylation sites is 1. The number of carbonyl (C=O) groups excluding carboxylic acids is 1. The molecule has 0 saturated carbocycles. The Bertz CT molecular complexity index is 814. The number of nitrogens with zero attached hydrogens (tertiary/aromatic N) is 1. The minimum absolute atomic E-state index is 0.106. The highest BCUT2D eigenvalue weighted by Gasteiger charge is 2.18. The van der Waals surface area contributed by atoms with Gasteiger partial charge >= 0.3 is 0 Å². The molecule has 0 bridgehead atoms. The Hall–Kier alpha value is -2.95. The SMILES string of the molecule is O=C(C[C@H](c1ccc(F)cc1)n1cccc1)Nc1ccccc1F. The smallest absolute Gasteiger partial charge is 0.226 e. The van der Waals surface area contributed by atoms with Crippen LogP contribution < -0.4 is 5.32 Å². The number of aromatic nitrogens is 1. The average molecular weight is 326 g/mol. The summed E-state index contributed by atoms with van der Waals surface area (Å²) < 4.78 is 28.7. The highest BCUT2D eigenvalue weighted by molar-refractivity contribution is 5.91. The Kier molecular flexibility index (Phi) is 4.70. The van der Waals surface area contributed by atoms with E-state index in [1.54, 1.807) is 24.3 Å². The van der Waals surface area contributed by atoms with Gasteiger partial charge in [0.25, 0.3) is 0 Å². The maximum absolute atomic E-state index is 13.7. The number of carbonyl (C=O) groups is 1. The van der Waals surface area contributed by atoms with Gasteiger partial charge in [-0.05, 0) is 42.0 Å².